The molecule has 0 aromatic heterocycles. The minimum absolute atomic E-state index is 0.416. The van der Waals surface area contributed by atoms with Gasteiger partial charge in [0.2, 0.25) is 0 Å². The molecule has 0 spiro atoms. The average Bonchev–Trinajstić information content (AvgIpc) is 2.38. The summed E-state index contributed by atoms with van der Waals surface area (Å²) < 4.78 is 0. The molecule has 1 aromatic rings. The van der Waals surface area contributed by atoms with Crippen LogP contribution in [0.15, 0.2) is 24.3 Å². The van der Waals surface area contributed by atoms with E-state index in [9.17, 15) is 0 Å². The van der Waals surface area contributed by atoms with Gasteiger partial charge >= 0.3 is 0 Å². The Morgan fingerprint density at radius 2 is 1.78 bits per heavy atom. The quantitative estimate of drug-likeness (QED) is 0.836. The summed E-state index contributed by atoms with van der Waals surface area (Å²) in [4.78, 5) is 0. The Balaban J connectivity index is 2.76. The van der Waals surface area contributed by atoms with Crippen molar-refractivity contribution < 1.29 is 0 Å². The number of nitrogens with one attached hydrogen (secondary N) is 1. The van der Waals surface area contributed by atoms with Crippen molar-refractivity contribution in [3.8, 4) is 6.07 Å². The minimum atomic E-state index is -0.416. The highest BCUT2D eigenvalue weighted by molar-refractivity contribution is 5.47. The van der Waals surface area contributed by atoms with E-state index >= 15 is 0 Å². The van der Waals surface area contributed by atoms with Crippen molar-refractivity contribution in [2.24, 2.45) is 5.92 Å². The maximum Gasteiger partial charge on any atom is 0.0766 e. The molecule has 1 N–H and O–H groups in total. The normalized spacial score (nSPS) is 14.7. The van der Waals surface area contributed by atoms with Crippen molar-refractivity contribution >= 4 is 5.69 Å². The smallest absolute Gasteiger partial charge is 0.0766 e. The molecule has 0 aliphatic carbocycles. The molecule has 0 amide bonds. The maximum absolute atomic E-state index is 9.10. The lowest BCUT2D eigenvalue weighted by molar-refractivity contribution is 0.494. The Bertz CT molecular complexity index is 412. The number of rotatable bonds is 5. The Labute approximate surface area is 111 Å². The molecule has 1 rings (SSSR count). The van der Waals surface area contributed by atoms with Crippen LogP contribution in [0.5, 0.6) is 0 Å². The van der Waals surface area contributed by atoms with Crippen LogP contribution in [0.4, 0.5) is 5.69 Å². The van der Waals surface area contributed by atoms with Crippen LogP contribution in [-0.2, 0) is 5.41 Å². The largest absolute Gasteiger partial charge is 0.382 e. The van der Waals surface area contributed by atoms with Crippen LogP contribution in [0, 0.1) is 17.2 Å². The van der Waals surface area contributed by atoms with Crippen molar-refractivity contribution in [1.82, 2.24) is 0 Å². The molecular weight excluding hydrogens is 220 g/mol. The van der Waals surface area contributed by atoms with Crippen LogP contribution < -0.4 is 5.32 Å². The van der Waals surface area contributed by atoms with E-state index < -0.39 is 5.41 Å². The van der Waals surface area contributed by atoms with Crippen molar-refractivity contribution in [1.29, 1.82) is 5.26 Å². The number of nitriles is 1. The van der Waals surface area contributed by atoms with E-state index in [1.54, 1.807) is 0 Å². The maximum atomic E-state index is 9.10. The Morgan fingerprint density at radius 1 is 1.22 bits per heavy atom. The monoisotopic (exact) mass is 244 g/mol. The van der Waals surface area contributed by atoms with Crippen LogP contribution in [0.25, 0.3) is 0 Å². The van der Waals surface area contributed by atoms with Crippen LogP contribution in [-0.4, -0.2) is 6.04 Å². The fourth-order valence-corrected chi connectivity index (χ4v) is 1.81. The van der Waals surface area contributed by atoms with Gasteiger partial charge in [0.15, 0.2) is 0 Å². The molecular formula is C16H24N2. The van der Waals surface area contributed by atoms with Crippen LogP contribution in [0.3, 0.4) is 0 Å². The molecule has 0 saturated carbocycles. The first-order chi connectivity index (χ1) is 8.40. The van der Waals surface area contributed by atoms with Crippen LogP contribution in [0.1, 0.15) is 46.6 Å². The van der Waals surface area contributed by atoms with Gasteiger partial charge in [-0.15, -0.1) is 0 Å². The Kier molecular flexibility index (Phi) is 4.78. The van der Waals surface area contributed by atoms with Crippen molar-refractivity contribution in [2.45, 2.75) is 52.5 Å². The topological polar surface area (TPSA) is 35.8 Å². The van der Waals surface area contributed by atoms with E-state index in [4.69, 9.17) is 5.26 Å². The Morgan fingerprint density at radius 3 is 2.22 bits per heavy atom. The minimum Gasteiger partial charge on any atom is -0.382 e. The fraction of sp³-hybridized carbons (Fsp3) is 0.562. The molecule has 1 aromatic carbocycles. The Hall–Kier alpha value is -1.49. The summed E-state index contributed by atoms with van der Waals surface area (Å²) in [5, 5.41) is 12.6. The van der Waals surface area contributed by atoms with Gasteiger partial charge in [0.1, 0.15) is 0 Å². The van der Waals surface area contributed by atoms with Crippen LogP contribution in [0.2, 0.25) is 0 Å². The predicted octanol–water partition coefficient (Wildman–Crippen LogP) is 4.33. The molecule has 0 saturated heterocycles. The van der Waals surface area contributed by atoms with Crippen molar-refractivity contribution in [3.63, 3.8) is 0 Å². The zero-order chi connectivity index (χ0) is 13.8. The van der Waals surface area contributed by atoms with Gasteiger partial charge in [0.05, 0.1) is 11.5 Å². The van der Waals surface area contributed by atoms with Gasteiger partial charge < -0.3 is 5.32 Å². The van der Waals surface area contributed by atoms with E-state index in [0.717, 1.165) is 11.3 Å². The highest BCUT2D eigenvalue weighted by atomic mass is 14.9. The van der Waals surface area contributed by atoms with E-state index in [0.29, 0.717) is 12.0 Å². The second kappa shape index (κ2) is 5.91. The predicted molar refractivity (Wildman–Crippen MR) is 77.6 cm³/mol. The zero-order valence-corrected chi connectivity index (χ0v) is 12.1. The van der Waals surface area contributed by atoms with E-state index in [-0.39, 0.29) is 0 Å². The van der Waals surface area contributed by atoms with Gasteiger partial charge in [-0.1, -0.05) is 32.4 Å². The second-order valence-corrected chi connectivity index (χ2v) is 5.63. The molecule has 2 heteroatoms. The molecule has 0 bridgehead atoms. The second-order valence-electron chi connectivity index (χ2n) is 5.63. The molecule has 0 heterocycles. The molecule has 18 heavy (non-hydrogen) atoms. The molecule has 2 atom stereocenters. The first-order valence-electron chi connectivity index (χ1n) is 6.69. The first kappa shape index (κ1) is 14.6. The van der Waals surface area contributed by atoms with Crippen molar-refractivity contribution in [2.75, 3.05) is 5.32 Å². The highest BCUT2D eigenvalue weighted by Crippen LogP contribution is 2.24. The lowest BCUT2D eigenvalue weighted by atomic mass is 9.86. The van der Waals surface area contributed by atoms with Crippen LogP contribution >= 0.6 is 0 Å². The van der Waals surface area contributed by atoms with Gasteiger partial charge in [0, 0.05) is 11.7 Å². The highest BCUT2D eigenvalue weighted by Gasteiger charge is 2.19. The summed E-state index contributed by atoms with van der Waals surface area (Å²) in [5.41, 5.74) is 1.77. The zero-order valence-electron chi connectivity index (χ0n) is 12.1. The third-order valence-corrected chi connectivity index (χ3v) is 3.78. The lowest BCUT2D eigenvalue weighted by Gasteiger charge is -2.22. The van der Waals surface area contributed by atoms with Crippen molar-refractivity contribution in [3.05, 3.63) is 29.8 Å². The fourth-order valence-electron chi connectivity index (χ4n) is 1.81. The van der Waals surface area contributed by atoms with E-state index in [1.165, 1.54) is 6.42 Å². The first-order valence-corrected chi connectivity index (χ1v) is 6.69. The van der Waals surface area contributed by atoms with Gasteiger partial charge in [-0.3, -0.25) is 0 Å². The summed E-state index contributed by atoms with van der Waals surface area (Å²) in [6.07, 6.45) is 1.17. The summed E-state index contributed by atoms with van der Waals surface area (Å²) in [6.45, 7) is 10.6. The summed E-state index contributed by atoms with van der Waals surface area (Å²) in [5.74, 6) is 0.653. The molecule has 0 aliphatic heterocycles. The van der Waals surface area contributed by atoms with Gasteiger partial charge in [-0.05, 0) is 44.4 Å². The molecule has 0 fully saturated rings. The SMILES string of the molecule is CCC(C)C(C)Nc1ccc(C(C)(C)C#N)cc1. The summed E-state index contributed by atoms with van der Waals surface area (Å²) >= 11 is 0. The molecule has 2 nitrogen and oxygen atoms in total. The summed E-state index contributed by atoms with van der Waals surface area (Å²) in [6, 6.07) is 11.0. The number of hydrogen-bond acceptors (Lipinski definition) is 2. The van der Waals surface area contributed by atoms with E-state index in [1.807, 2.05) is 26.0 Å². The lowest BCUT2D eigenvalue weighted by Crippen LogP contribution is -2.23. The molecule has 98 valence electrons. The van der Waals surface area contributed by atoms with Gasteiger partial charge in [-0.2, -0.15) is 5.26 Å². The molecule has 0 radical (unpaired) electrons. The third-order valence-electron chi connectivity index (χ3n) is 3.78. The molecule has 0 aliphatic rings. The van der Waals surface area contributed by atoms with Gasteiger partial charge in [-0.25, -0.2) is 0 Å². The average molecular weight is 244 g/mol. The summed E-state index contributed by atoms with van der Waals surface area (Å²) in [7, 11) is 0. The molecule has 2 unspecified atom stereocenters. The third kappa shape index (κ3) is 3.50. The number of nitrogens with zero attached hydrogens (tertiary/aromatic N) is 1. The number of anilines is 1. The number of hydrogen-bond donors (Lipinski definition) is 1. The standard InChI is InChI=1S/C16H24N2/c1-6-12(2)13(3)18-15-9-7-14(8-10-15)16(4,5)11-17/h7-10,12-13,18H,6H2,1-5H3. The van der Waals surface area contributed by atoms with E-state index in [2.05, 4.69) is 44.3 Å². The number of benzene rings is 1. The van der Waals surface area contributed by atoms with Gasteiger partial charge in [0.25, 0.3) is 0 Å².